The van der Waals surface area contributed by atoms with Crippen molar-refractivity contribution >= 4 is 5.97 Å². The van der Waals surface area contributed by atoms with Gasteiger partial charge in [0.05, 0.1) is 12.1 Å². The number of nitrogens with zero attached hydrogens (tertiary/aromatic N) is 2. The molecule has 2 aromatic rings. The van der Waals surface area contributed by atoms with Gasteiger partial charge in [-0.05, 0) is 43.7 Å². The Kier molecular flexibility index (Phi) is 6.40. The zero-order valence-electron chi connectivity index (χ0n) is 16.3. The van der Waals surface area contributed by atoms with Gasteiger partial charge in [-0.25, -0.2) is 0 Å². The van der Waals surface area contributed by atoms with Crippen molar-refractivity contribution in [3.05, 3.63) is 46.8 Å². The first kappa shape index (κ1) is 19.2. The summed E-state index contributed by atoms with van der Waals surface area (Å²) in [6, 6.07) is 7.81. The summed E-state index contributed by atoms with van der Waals surface area (Å²) in [6.45, 7) is 13.5. The minimum Gasteiger partial charge on any atom is -0.426 e. The van der Waals surface area contributed by atoms with Crippen LogP contribution in [0.25, 0.3) is 0 Å². The molecule has 1 unspecified atom stereocenters. The van der Waals surface area contributed by atoms with Gasteiger partial charge in [-0.2, -0.15) is 5.10 Å². The number of carbonyl (C=O) groups excluding carboxylic acids is 1. The lowest BCUT2D eigenvalue weighted by Crippen LogP contribution is -2.14. The van der Waals surface area contributed by atoms with Gasteiger partial charge >= 0.3 is 5.97 Å². The van der Waals surface area contributed by atoms with Crippen LogP contribution in [0.15, 0.2) is 24.3 Å². The number of rotatable bonds is 7. The van der Waals surface area contributed by atoms with E-state index in [4.69, 9.17) is 4.74 Å². The third-order valence-corrected chi connectivity index (χ3v) is 4.68. The number of carbonyl (C=O) groups is 1. The minimum absolute atomic E-state index is 0.231. The van der Waals surface area contributed by atoms with Crippen molar-refractivity contribution in [2.75, 3.05) is 0 Å². The Morgan fingerprint density at radius 3 is 2.52 bits per heavy atom. The fourth-order valence-electron chi connectivity index (χ4n) is 3.02. The van der Waals surface area contributed by atoms with Gasteiger partial charge in [-0.15, -0.1) is 0 Å². The summed E-state index contributed by atoms with van der Waals surface area (Å²) < 4.78 is 7.69. The van der Waals surface area contributed by atoms with Crippen LogP contribution in [0.5, 0.6) is 5.75 Å². The average molecular weight is 342 g/mol. The second kappa shape index (κ2) is 8.32. The third-order valence-electron chi connectivity index (χ3n) is 4.68. The van der Waals surface area contributed by atoms with Gasteiger partial charge in [0.1, 0.15) is 5.75 Å². The largest absolute Gasteiger partial charge is 0.426 e. The SMILES string of the molecule is CCC(C)c1ccccc1OC(=O)Cc1c(C)nn(CC(C)C)c1C. The Balaban J connectivity index is 2.15. The normalized spacial score (nSPS) is 12.4. The molecule has 136 valence electrons. The molecule has 1 aromatic heterocycles. The molecule has 0 saturated heterocycles. The summed E-state index contributed by atoms with van der Waals surface area (Å²) in [7, 11) is 0. The molecule has 1 heterocycles. The first-order valence-electron chi connectivity index (χ1n) is 9.15. The lowest BCUT2D eigenvalue weighted by atomic mass is 9.98. The molecule has 4 nitrogen and oxygen atoms in total. The highest BCUT2D eigenvalue weighted by Crippen LogP contribution is 2.29. The van der Waals surface area contributed by atoms with Gasteiger partial charge in [-0.1, -0.05) is 45.9 Å². The van der Waals surface area contributed by atoms with Gasteiger partial charge in [0.2, 0.25) is 0 Å². The number of para-hydroxylation sites is 1. The monoisotopic (exact) mass is 342 g/mol. The molecular formula is C21H30N2O2. The standard InChI is InChI=1S/C21H30N2O2/c1-7-15(4)18-10-8-9-11-20(18)25-21(24)12-19-16(5)22-23(17(19)6)13-14(2)3/h8-11,14-15H,7,12-13H2,1-6H3. The topological polar surface area (TPSA) is 44.1 Å². The number of esters is 1. The minimum atomic E-state index is -0.231. The van der Waals surface area contributed by atoms with Gasteiger partial charge in [0, 0.05) is 17.8 Å². The van der Waals surface area contributed by atoms with Gasteiger partial charge in [0.15, 0.2) is 0 Å². The van der Waals surface area contributed by atoms with E-state index in [1.807, 2.05) is 42.8 Å². The first-order valence-corrected chi connectivity index (χ1v) is 9.15. The van der Waals surface area contributed by atoms with E-state index in [0.717, 1.165) is 35.5 Å². The van der Waals surface area contributed by atoms with Crippen LogP contribution in [0, 0.1) is 19.8 Å². The first-order chi connectivity index (χ1) is 11.8. The molecule has 0 amide bonds. The fourth-order valence-corrected chi connectivity index (χ4v) is 3.02. The highest BCUT2D eigenvalue weighted by atomic mass is 16.5. The fraction of sp³-hybridized carbons (Fsp3) is 0.524. The predicted molar refractivity (Wildman–Crippen MR) is 101 cm³/mol. The number of hydrogen-bond donors (Lipinski definition) is 0. The average Bonchev–Trinajstić information content (AvgIpc) is 2.81. The molecule has 0 saturated carbocycles. The van der Waals surface area contributed by atoms with E-state index in [1.54, 1.807) is 0 Å². The smallest absolute Gasteiger partial charge is 0.315 e. The number of aromatic nitrogens is 2. The Hall–Kier alpha value is -2.10. The van der Waals surface area contributed by atoms with Crippen LogP contribution in [0.3, 0.4) is 0 Å². The quantitative estimate of drug-likeness (QED) is 0.535. The second-order valence-electron chi connectivity index (χ2n) is 7.22. The van der Waals surface area contributed by atoms with Crippen LogP contribution in [0.1, 0.15) is 62.5 Å². The van der Waals surface area contributed by atoms with Crippen LogP contribution in [-0.2, 0) is 17.8 Å². The third kappa shape index (κ3) is 4.71. The number of ether oxygens (including phenoxy) is 1. The summed E-state index contributed by atoms with van der Waals surface area (Å²) in [4.78, 5) is 12.5. The van der Waals surface area contributed by atoms with E-state index < -0.39 is 0 Å². The molecule has 4 heteroatoms. The van der Waals surface area contributed by atoms with Crippen LogP contribution < -0.4 is 4.74 Å². The van der Waals surface area contributed by atoms with E-state index in [9.17, 15) is 4.79 Å². The molecule has 1 atom stereocenters. The van der Waals surface area contributed by atoms with Crippen LogP contribution in [-0.4, -0.2) is 15.7 Å². The Bertz CT molecular complexity index is 731. The number of hydrogen-bond acceptors (Lipinski definition) is 3. The van der Waals surface area contributed by atoms with Crippen molar-refractivity contribution in [3.63, 3.8) is 0 Å². The van der Waals surface area contributed by atoms with E-state index >= 15 is 0 Å². The van der Waals surface area contributed by atoms with Crippen molar-refractivity contribution in [2.45, 2.75) is 66.8 Å². The van der Waals surface area contributed by atoms with Crippen molar-refractivity contribution in [1.29, 1.82) is 0 Å². The van der Waals surface area contributed by atoms with Crippen LogP contribution in [0.4, 0.5) is 0 Å². The molecule has 0 aliphatic heterocycles. The number of benzene rings is 1. The van der Waals surface area contributed by atoms with Crippen molar-refractivity contribution in [3.8, 4) is 5.75 Å². The van der Waals surface area contributed by atoms with Crippen molar-refractivity contribution in [2.24, 2.45) is 5.92 Å². The predicted octanol–water partition coefficient (Wildman–Crippen LogP) is 4.82. The van der Waals surface area contributed by atoms with Gasteiger partial charge in [0.25, 0.3) is 0 Å². The Morgan fingerprint density at radius 2 is 1.88 bits per heavy atom. The maximum Gasteiger partial charge on any atom is 0.315 e. The molecule has 2 rings (SSSR count). The lowest BCUT2D eigenvalue weighted by Gasteiger charge is -2.14. The molecular weight excluding hydrogens is 312 g/mol. The van der Waals surface area contributed by atoms with Crippen LogP contribution >= 0.6 is 0 Å². The summed E-state index contributed by atoms with van der Waals surface area (Å²) >= 11 is 0. The van der Waals surface area contributed by atoms with Gasteiger partial charge in [-0.3, -0.25) is 9.48 Å². The molecule has 0 spiro atoms. The highest BCUT2D eigenvalue weighted by Gasteiger charge is 2.18. The molecule has 0 aliphatic rings. The highest BCUT2D eigenvalue weighted by molar-refractivity contribution is 5.76. The molecule has 0 radical (unpaired) electrons. The summed E-state index contributed by atoms with van der Waals surface area (Å²) in [5, 5.41) is 4.58. The maximum absolute atomic E-state index is 12.5. The summed E-state index contributed by atoms with van der Waals surface area (Å²) in [5.74, 6) is 1.32. The van der Waals surface area contributed by atoms with Crippen molar-refractivity contribution < 1.29 is 9.53 Å². The van der Waals surface area contributed by atoms with Gasteiger partial charge < -0.3 is 4.74 Å². The summed E-state index contributed by atoms with van der Waals surface area (Å²) in [6.07, 6.45) is 1.26. The van der Waals surface area contributed by atoms with E-state index in [1.165, 1.54) is 0 Å². The zero-order valence-corrected chi connectivity index (χ0v) is 16.3. The molecule has 0 fully saturated rings. The number of aryl methyl sites for hydroxylation is 1. The second-order valence-corrected chi connectivity index (χ2v) is 7.22. The lowest BCUT2D eigenvalue weighted by molar-refractivity contribution is -0.133. The molecule has 25 heavy (non-hydrogen) atoms. The van der Waals surface area contributed by atoms with Crippen LogP contribution in [0.2, 0.25) is 0 Å². The van der Waals surface area contributed by atoms with Crippen molar-refractivity contribution in [1.82, 2.24) is 9.78 Å². The molecule has 0 aliphatic carbocycles. The summed E-state index contributed by atoms with van der Waals surface area (Å²) in [5.41, 5.74) is 4.03. The van der Waals surface area contributed by atoms with E-state index in [-0.39, 0.29) is 12.4 Å². The van der Waals surface area contributed by atoms with E-state index in [2.05, 4.69) is 32.8 Å². The zero-order chi connectivity index (χ0) is 18.6. The molecule has 0 N–H and O–H groups in total. The Morgan fingerprint density at radius 1 is 1.20 bits per heavy atom. The molecule has 1 aromatic carbocycles. The molecule has 0 bridgehead atoms. The van der Waals surface area contributed by atoms with E-state index in [0.29, 0.717) is 17.6 Å². The maximum atomic E-state index is 12.5. The Labute approximate surface area is 151 Å².